The summed E-state index contributed by atoms with van der Waals surface area (Å²) in [6, 6.07) is 4.38. The first-order chi connectivity index (χ1) is 10.4. The molecule has 2 amide bonds. The Bertz CT molecular complexity index is 609. The number of nitrogens with zero attached hydrogens (tertiary/aromatic N) is 3. The van der Waals surface area contributed by atoms with Crippen molar-refractivity contribution in [2.75, 3.05) is 38.5 Å². The van der Waals surface area contributed by atoms with Crippen LogP contribution in [0.4, 0.5) is 11.4 Å². The van der Waals surface area contributed by atoms with Crippen LogP contribution in [-0.2, 0) is 4.79 Å². The molecule has 22 heavy (non-hydrogen) atoms. The van der Waals surface area contributed by atoms with E-state index in [1.807, 2.05) is 0 Å². The highest BCUT2D eigenvalue weighted by Gasteiger charge is 2.25. The lowest BCUT2D eigenvalue weighted by Gasteiger charge is -2.34. The SMILES string of the molecule is CNc1ccc(C(=O)N2CCN(C(C)=O)CC2)cc1[N+](=O)[O-]. The lowest BCUT2D eigenvalue weighted by Crippen LogP contribution is -2.50. The summed E-state index contributed by atoms with van der Waals surface area (Å²) in [5.74, 6) is -0.268. The zero-order valence-electron chi connectivity index (χ0n) is 12.5. The summed E-state index contributed by atoms with van der Waals surface area (Å²) in [6.45, 7) is 3.33. The van der Waals surface area contributed by atoms with Gasteiger partial charge in [-0.25, -0.2) is 0 Å². The van der Waals surface area contributed by atoms with E-state index in [4.69, 9.17) is 0 Å². The van der Waals surface area contributed by atoms with Gasteiger partial charge in [0.15, 0.2) is 0 Å². The number of piperazine rings is 1. The van der Waals surface area contributed by atoms with Gasteiger partial charge in [-0.2, -0.15) is 0 Å². The molecule has 1 aromatic rings. The highest BCUT2D eigenvalue weighted by Crippen LogP contribution is 2.25. The summed E-state index contributed by atoms with van der Waals surface area (Å²) < 4.78 is 0. The van der Waals surface area contributed by atoms with Gasteiger partial charge in [-0.15, -0.1) is 0 Å². The van der Waals surface area contributed by atoms with E-state index in [9.17, 15) is 19.7 Å². The van der Waals surface area contributed by atoms with Crippen LogP contribution in [0.15, 0.2) is 18.2 Å². The molecule has 0 aliphatic carbocycles. The van der Waals surface area contributed by atoms with Crippen molar-refractivity contribution in [3.63, 3.8) is 0 Å². The molecule has 118 valence electrons. The monoisotopic (exact) mass is 306 g/mol. The maximum Gasteiger partial charge on any atom is 0.293 e. The zero-order chi connectivity index (χ0) is 16.3. The first-order valence-corrected chi connectivity index (χ1v) is 6.95. The number of hydrogen-bond donors (Lipinski definition) is 1. The largest absolute Gasteiger partial charge is 0.383 e. The first kappa shape index (κ1) is 15.7. The minimum absolute atomic E-state index is 0.0129. The number of amides is 2. The highest BCUT2D eigenvalue weighted by molar-refractivity contribution is 5.96. The minimum atomic E-state index is -0.518. The summed E-state index contributed by atoms with van der Waals surface area (Å²) in [7, 11) is 1.59. The molecule has 0 unspecified atom stereocenters. The number of anilines is 1. The molecule has 0 radical (unpaired) electrons. The third-order valence-electron chi connectivity index (χ3n) is 3.72. The Labute approximate surface area is 127 Å². The predicted molar refractivity (Wildman–Crippen MR) is 80.8 cm³/mol. The van der Waals surface area contributed by atoms with Crippen LogP contribution in [0.5, 0.6) is 0 Å². The van der Waals surface area contributed by atoms with Gasteiger partial charge in [0.05, 0.1) is 4.92 Å². The summed E-state index contributed by atoms with van der Waals surface area (Å²) >= 11 is 0. The fourth-order valence-electron chi connectivity index (χ4n) is 2.43. The smallest absolute Gasteiger partial charge is 0.293 e. The lowest BCUT2D eigenvalue weighted by atomic mass is 10.1. The molecule has 0 saturated carbocycles. The molecule has 1 fully saturated rings. The fraction of sp³-hybridized carbons (Fsp3) is 0.429. The van der Waals surface area contributed by atoms with Crippen LogP contribution < -0.4 is 5.32 Å². The molecule has 1 aromatic carbocycles. The fourth-order valence-corrected chi connectivity index (χ4v) is 2.43. The number of nitro groups is 1. The third-order valence-corrected chi connectivity index (χ3v) is 3.72. The van der Waals surface area contributed by atoms with Crippen molar-refractivity contribution in [2.45, 2.75) is 6.92 Å². The maximum absolute atomic E-state index is 12.4. The van der Waals surface area contributed by atoms with E-state index in [0.717, 1.165) is 0 Å². The Kier molecular flexibility index (Phi) is 4.59. The van der Waals surface area contributed by atoms with Gasteiger partial charge in [-0.1, -0.05) is 0 Å². The van der Waals surface area contributed by atoms with Gasteiger partial charge >= 0.3 is 0 Å². The molecule has 1 aliphatic heterocycles. The van der Waals surface area contributed by atoms with Crippen molar-refractivity contribution in [1.29, 1.82) is 0 Å². The summed E-state index contributed by atoms with van der Waals surface area (Å²) in [4.78, 5) is 37.5. The number of carbonyl (C=O) groups is 2. The van der Waals surface area contributed by atoms with Crippen LogP contribution in [0.3, 0.4) is 0 Å². The second kappa shape index (κ2) is 6.42. The molecular formula is C14H18N4O4. The van der Waals surface area contributed by atoms with E-state index < -0.39 is 4.92 Å². The lowest BCUT2D eigenvalue weighted by molar-refractivity contribution is -0.384. The second-order valence-electron chi connectivity index (χ2n) is 5.04. The van der Waals surface area contributed by atoms with Crippen molar-refractivity contribution >= 4 is 23.2 Å². The molecule has 0 bridgehead atoms. The number of nitrogens with one attached hydrogen (secondary N) is 1. The van der Waals surface area contributed by atoms with Gasteiger partial charge in [0.25, 0.3) is 11.6 Å². The number of benzene rings is 1. The Morgan fingerprint density at radius 3 is 2.27 bits per heavy atom. The Morgan fingerprint density at radius 2 is 1.77 bits per heavy atom. The van der Waals surface area contributed by atoms with Crippen molar-refractivity contribution in [2.24, 2.45) is 0 Å². The van der Waals surface area contributed by atoms with Crippen molar-refractivity contribution < 1.29 is 14.5 Å². The van der Waals surface area contributed by atoms with Gasteiger partial charge in [0, 0.05) is 51.8 Å². The number of nitro benzene ring substituents is 1. The average Bonchev–Trinajstić information content (AvgIpc) is 2.53. The topological polar surface area (TPSA) is 95.8 Å². The van der Waals surface area contributed by atoms with Crippen LogP contribution in [0.2, 0.25) is 0 Å². The van der Waals surface area contributed by atoms with Gasteiger partial charge in [0.1, 0.15) is 5.69 Å². The molecule has 1 N–H and O–H groups in total. The molecule has 1 saturated heterocycles. The van der Waals surface area contributed by atoms with E-state index in [1.54, 1.807) is 22.9 Å². The predicted octanol–water partition coefficient (Wildman–Crippen LogP) is 0.941. The van der Waals surface area contributed by atoms with Crippen LogP contribution in [0.25, 0.3) is 0 Å². The minimum Gasteiger partial charge on any atom is -0.383 e. The standard InChI is InChI=1S/C14H18N4O4/c1-10(19)16-5-7-17(8-6-16)14(20)11-3-4-12(15-2)13(9-11)18(21)22/h3-4,9,15H,5-8H2,1-2H3. The number of carbonyl (C=O) groups excluding carboxylic acids is 2. The van der Waals surface area contributed by atoms with Crippen LogP contribution >= 0.6 is 0 Å². The number of rotatable bonds is 3. The van der Waals surface area contributed by atoms with Crippen LogP contribution in [0.1, 0.15) is 17.3 Å². The second-order valence-corrected chi connectivity index (χ2v) is 5.04. The number of hydrogen-bond acceptors (Lipinski definition) is 5. The summed E-state index contributed by atoms with van der Waals surface area (Å²) in [5, 5.41) is 13.8. The summed E-state index contributed by atoms with van der Waals surface area (Å²) in [6.07, 6.45) is 0. The average molecular weight is 306 g/mol. The van der Waals surface area contributed by atoms with Gasteiger partial charge in [-0.05, 0) is 12.1 Å². The van der Waals surface area contributed by atoms with E-state index >= 15 is 0 Å². The first-order valence-electron chi connectivity index (χ1n) is 6.95. The van der Waals surface area contributed by atoms with E-state index in [2.05, 4.69) is 5.32 Å². The van der Waals surface area contributed by atoms with E-state index in [1.165, 1.54) is 19.1 Å². The molecule has 1 aliphatic rings. The molecule has 2 rings (SSSR count). The normalized spacial score (nSPS) is 14.6. The third kappa shape index (κ3) is 3.16. The molecule has 8 nitrogen and oxygen atoms in total. The molecule has 8 heteroatoms. The van der Waals surface area contributed by atoms with Gasteiger partial charge in [-0.3, -0.25) is 19.7 Å². The van der Waals surface area contributed by atoms with Crippen molar-refractivity contribution in [3.8, 4) is 0 Å². The Hall–Kier alpha value is -2.64. The van der Waals surface area contributed by atoms with Gasteiger partial charge < -0.3 is 15.1 Å². The van der Waals surface area contributed by atoms with Crippen LogP contribution in [-0.4, -0.2) is 59.8 Å². The quantitative estimate of drug-likeness (QED) is 0.662. The zero-order valence-corrected chi connectivity index (χ0v) is 12.5. The summed E-state index contributed by atoms with van der Waals surface area (Å²) in [5.41, 5.74) is 0.514. The molecular weight excluding hydrogens is 288 g/mol. The maximum atomic E-state index is 12.4. The molecule has 0 spiro atoms. The van der Waals surface area contributed by atoms with Gasteiger partial charge in [0.2, 0.25) is 5.91 Å². The van der Waals surface area contributed by atoms with Crippen molar-refractivity contribution in [1.82, 2.24) is 9.80 Å². The van der Waals surface area contributed by atoms with Crippen molar-refractivity contribution in [3.05, 3.63) is 33.9 Å². The van der Waals surface area contributed by atoms with E-state index in [-0.39, 0.29) is 23.1 Å². The molecule has 0 aromatic heterocycles. The molecule has 0 atom stereocenters. The Morgan fingerprint density at radius 1 is 1.18 bits per heavy atom. The van der Waals surface area contributed by atoms with E-state index in [0.29, 0.717) is 31.9 Å². The van der Waals surface area contributed by atoms with Crippen LogP contribution in [0, 0.1) is 10.1 Å². The highest BCUT2D eigenvalue weighted by atomic mass is 16.6. The molecule has 1 heterocycles. The Balaban J connectivity index is 2.15.